The summed E-state index contributed by atoms with van der Waals surface area (Å²) in [5, 5.41) is 2.79. The Morgan fingerprint density at radius 3 is 2.52 bits per heavy atom. The number of esters is 1. The van der Waals surface area contributed by atoms with E-state index in [1.54, 1.807) is 72.8 Å². The van der Waals surface area contributed by atoms with Crippen LogP contribution in [0.5, 0.6) is 5.75 Å². The lowest BCUT2D eigenvalue weighted by Crippen LogP contribution is -2.40. The molecule has 4 rings (SSSR count). The summed E-state index contributed by atoms with van der Waals surface area (Å²) >= 11 is 0. The molecule has 170 valence electrons. The molecular weight excluding hydrogens is 446 g/mol. The van der Waals surface area contributed by atoms with E-state index in [-0.39, 0.29) is 36.2 Å². The number of methoxy groups -OCH3 is 1. The Morgan fingerprint density at radius 1 is 1.09 bits per heavy atom. The number of fused-ring (bicyclic) bond motifs is 1. The molecule has 0 saturated carbocycles. The van der Waals surface area contributed by atoms with Crippen LogP contribution in [-0.4, -0.2) is 50.4 Å². The summed E-state index contributed by atoms with van der Waals surface area (Å²) in [4.78, 5) is 26.6. The molecule has 0 unspecified atom stereocenters. The summed E-state index contributed by atoms with van der Waals surface area (Å²) in [7, 11) is -2.04. The van der Waals surface area contributed by atoms with E-state index in [0.717, 1.165) is 0 Å². The Morgan fingerprint density at radius 2 is 1.82 bits per heavy atom. The van der Waals surface area contributed by atoms with Crippen LogP contribution in [0.25, 0.3) is 0 Å². The molecule has 2 heterocycles. The summed E-state index contributed by atoms with van der Waals surface area (Å²) in [5.41, 5.74) is 1.83. The van der Waals surface area contributed by atoms with E-state index in [0.29, 0.717) is 22.6 Å². The normalized spacial score (nSPS) is 16.2. The van der Waals surface area contributed by atoms with Gasteiger partial charge in [-0.25, -0.2) is 13.2 Å². The highest BCUT2D eigenvalue weighted by atomic mass is 32.2. The molecule has 0 radical (unpaired) electrons. The molecule has 0 saturated heterocycles. The summed E-state index contributed by atoms with van der Waals surface area (Å²) in [5.74, 6) is -0.307. The van der Waals surface area contributed by atoms with Gasteiger partial charge in [0.25, 0.3) is 15.9 Å². The number of nitrogens with zero attached hydrogens (tertiary/aromatic N) is 2. The van der Waals surface area contributed by atoms with Crippen LogP contribution in [0.2, 0.25) is 0 Å². The maximum Gasteiger partial charge on any atom is 0.342 e. The average Bonchev–Trinajstić information content (AvgIpc) is 2.82. The Hall–Kier alpha value is -3.92. The summed E-state index contributed by atoms with van der Waals surface area (Å²) in [6.07, 6.45) is 4.79. The van der Waals surface area contributed by atoms with Gasteiger partial charge in [0.2, 0.25) is 0 Å². The summed E-state index contributed by atoms with van der Waals surface area (Å²) in [6, 6.07) is 13.6. The van der Waals surface area contributed by atoms with Crippen LogP contribution >= 0.6 is 0 Å². The fourth-order valence-corrected chi connectivity index (χ4v) is 4.22. The fourth-order valence-electron chi connectivity index (χ4n) is 3.23. The van der Waals surface area contributed by atoms with Crippen LogP contribution in [0.15, 0.2) is 76.9 Å². The van der Waals surface area contributed by atoms with Crippen LogP contribution in [0, 0.1) is 0 Å². The van der Waals surface area contributed by atoms with Crippen molar-refractivity contribution in [2.24, 2.45) is 4.40 Å². The third kappa shape index (κ3) is 5.29. The SMILES string of the molecule is COc1ccc(NC(=O)c2ccc(COC(=O)C3=CC=CN4CCS(=O)(=O)N=C34)cc2)cc1. The lowest BCUT2D eigenvalue weighted by Gasteiger charge is -2.28. The summed E-state index contributed by atoms with van der Waals surface area (Å²) in [6.45, 7) is 0.183. The quantitative estimate of drug-likeness (QED) is 0.649. The number of anilines is 1. The number of ether oxygens (including phenoxy) is 2. The largest absolute Gasteiger partial charge is 0.497 e. The molecule has 2 aliphatic heterocycles. The maximum atomic E-state index is 12.6. The molecule has 10 heteroatoms. The van der Waals surface area contributed by atoms with Gasteiger partial charge in [-0.2, -0.15) is 0 Å². The van der Waals surface area contributed by atoms with Crippen molar-refractivity contribution in [3.8, 4) is 5.75 Å². The Labute approximate surface area is 191 Å². The minimum atomic E-state index is -3.61. The van der Waals surface area contributed by atoms with Gasteiger partial charge in [0.05, 0.1) is 12.9 Å². The highest BCUT2D eigenvalue weighted by molar-refractivity contribution is 7.90. The predicted molar refractivity (Wildman–Crippen MR) is 122 cm³/mol. The van der Waals surface area contributed by atoms with Crippen molar-refractivity contribution < 1.29 is 27.5 Å². The molecule has 33 heavy (non-hydrogen) atoms. The zero-order chi connectivity index (χ0) is 23.4. The van der Waals surface area contributed by atoms with Crippen molar-refractivity contribution in [3.05, 3.63) is 83.6 Å². The molecule has 2 aromatic rings. The van der Waals surface area contributed by atoms with Gasteiger partial charge in [-0.3, -0.25) is 4.79 Å². The zero-order valence-corrected chi connectivity index (χ0v) is 18.5. The number of hydrogen-bond donors (Lipinski definition) is 1. The third-order valence-electron chi connectivity index (χ3n) is 5.01. The number of benzene rings is 2. The topological polar surface area (TPSA) is 114 Å². The molecule has 0 aliphatic carbocycles. The van der Waals surface area contributed by atoms with E-state index in [4.69, 9.17) is 9.47 Å². The second-order valence-corrected chi connectivity index (χ2v) is 9.03. The molecular formula is C23H21N3O6S. The highest BCUT2D eigenvalue weighted by Gasteiger charge is 2.30. The van der Waals surface area contributed by atoms with Gasteiger partial charge >= 0.3 is 5.97 Å². The van der Waals surface area contributed by atoms with Gasteiger partial charge < -0.3 is 19.7 Å². The molecule has 0 spiro atoms. The van der Waals surface area contributed by atoms with E-state index in [1.165, 1.54) is 6.08 Å². The van der Waals surface area contributed by atoms with Crippen LogP contribution < -0.4 is 10.1 Å². The van der Waals surface area contributed by atoms with Crippen molar-refractivity contribution in [1.29, 1.82) is 0 Å². The Bertz CT molecular complexity index is 1260. The van der Waals surface area contributed by atoms with E-state index < -0.39 is 16.0 Å². The molecule has 0 atom stereocenters. The van der Waals surface area contributed by atoms with E-state index in [1.807, 2.05) is 0 Å². The number of sulfonamides is 1. The molecule has 1 amide bonds. The van der Waals surface area contributed by atoms with Crippen molar-refractivity contribution >= 4 is 33.4 Å². The molecule has 2 aliphatic rings. The standard InChI is InChI=1S/C23H21N3O6S/c1-31-19-10-8-18(9-11-19)24-22(27)17-6-4-16(5-7-17)15-32-23(28)20-3-2-12-26-13-14-33(29,30)25-21(20)26/h2-12H,13-15H2,1H3,(H,24,27). The molecule has 9 nitrogen and oxygen atoms in total. The van der Waals surface area contributed by atoms with Crippen molar-refractivity contribution in [3.63, 3.8) is 0 Å². The number of allylic oxidation sites excluding steroid dienone is 2. The minimum absolute atomic E-state index is 0.0414. The molecule has 0 bridgehead atoms. The zero-order valence-electron chi connectivity index (χ0n) is 17.7. The van der Waals surface area contributed by atoms with Gasteiger partial charge in [0.15, 0.2) is 5.84 Å². The monoisotopic (exact) mass is 467 g/mol. The number of carbonyl (C=O) groups is 2. The van der Waals surface area contributed by atoms with Crippen molar-refractivity contribution in [2.45, 2.75) is 6.61 Å². The van der Waals surface area contributed by atoms with Gasteiger partial charge in [-0.15, -0.1) is 4.40 Å². The Balaban J connectivity index is 1.36. The van der Waals surface area contributed by atoms with Gasteiger partial charge in [-0.05, 0) is 54.1 Å². The number of rotatable bonds is 6. The smallest absolute Gasteiger partial charge is 0.342 e. The van der Waals surface area contributed by atoms with Gasteiger partial charge in [0, 0.05) is 24.0 Å². The number of nitrogens with one attached hydrogen (secondary N) is 1. The second kappa shape index (κ2) is 9.29. The first-order valence-corrected chi connectivity index (χ1v) is 11.7. The maximum absolute atomic E-state index is 12.6. The second-order valence-electron chi connectivity index (χ2n) is 7.27. The lowest BCUT2D eigenvalue weighted by molar-refractivity contribution is -0.139. The average molecular weight is 468 g/mol. The number of amides is 1. The fraction of sp³-hybridized carbons (Fsp3) is 0.174. The van der Waals surface area contributed by atoms with Gasteiger partial charge in [-0.1, -0.05) is 12.1 Å². The third-order valence-corrected chi connectivity index (χ3v) is 6.16. The number of carbonyl (C=O) groups excluding carboxylic acids is 2. The molecule has 2 aromatic carbocycles. The van der Waals surface area contributed by atoms with Crippen LogP contribution in [0.1, 0.15) is 15.9 Å². The molecule has 0 aromatic heterocycles. The molecule has 0 fully saturated rings. The number of amidine groups is 1. The van der Waals surface area contributed by atoms with Crippen LogP contribution in [0.4, 0.5) is 5.69 Å². The van der Waals surface area contributed by atoms with Crippen LogP contribution in [-0.2, 0) is 26.2 Å². The van der Waals surface area contributed by atoms with Crippen molar-refractivity contribution in [1.82, 2.24) is 4.90 Å². The lowest BCUT2D eigenvalue weighted by atomic mass is 10.1. The first-order valence-electron chi connectivity index (χ1n) is 10.0. The first kappa shape index (κ1) is 22.3. The van der Waals surface area contributed by atoms with E-state index in [9.17, 15) is 18.0 Å². The van der Waals surface area contributed by atoms with Crippen molar-refractivity contribution in [2.75, 3.05) is 24.7 Å². The molecule has 1 N–H and O–H groups in total. The Kier molecular flexibility index (Phi) is 6.27. The number of hydrogen-bond acceptors (Lipinski definition) is 7. The first-order chi connectivity index (χ1) is 15.8. The van der Waals surface area contributed by atoms with E-state index in [2.05, 4.69) is 9.71 Å². The van der Waals surface area contributed by atoms with Crippen LogP contribution in [0.3, 0.4) is 0 Å². The van der Waals surface area contributed by atoms with Gasteiger partial charge in [0.1, 0.15) is 17.9 Å². The predicted octanol–water partition coefficient (Wildman–Crippen LogP) is 2.49. The highest BCUT2D eigenvalue weighted by Crippen LogP contribution is 2.20. The summed E-state index contributed by atoms with van der Waals surface area (Å²) < 4.78 is 37.8. The van der Waals surface area contributed by atoms with E-state index >= 15 is 0 Å². The minimum Gasteiger partial charge on any atom is -0.497 e.